The lowest BCUT2D eigenvalue weighted by Gasteiger charge is -2.16. The van der Waals surface area contributed by atoms with Gasteiger partial charge in [0.25, 0.3) is 0 Å². The number of benzene rings is 1. The van der Waals surface area contributed by atoms with Crippen molar-refractivity contribution in [3.63, 3.8) is 0 Å². The summed E-state index contributed by atoms with van der Waals surface area (Å²) in [6.07, 6.45) is 0. The van der Waals surface area contributed by atoms with E-state index in [2.05, 4.69) is 10.3 Å². The van der Waals surface area contributed by atoms with Gasteiger partial charge >= 0.3 is 0 Å². The molecule has 1 aromatic heterocycles. The molecule has 2 rings (SSSR count). The van der Waals surface area contributed by atoms with E-state index in [1.54, 1.807) is 6.92 Å². The van der Waals surface area contributed by atoms with Crippen LogP contribution in [0.4, 0.5) is 8.78 Å². The number of rotatable bonds is 3. The normalized spacial score (nSPS) is 12.9. The average molecular weight is 299 g/mol. The van der Waals surface area contributed by atoms with Crippen LogP contribution in [-0.4, -0.2) is 21.5 Å². The molecule has 0 aliphatic carbocycles. The Bertz CT molecular complexity index is 720. The van der Waals surface area contributed by atoms with Crippen molar-refractivity contribution in [2.24, 2.45) is 0 Å². The van der Waals surface area contributed by atoms with Crippen molar-refractivity contribution in [1.29, 1.82) is 0 Å². The summed E-state index contributed by atoms with van der Waals surface area (Å²) in [5.74, 6) is -1.71. The van der Waals surface area contributed by atoms with Crippen LogP contribution in [0.1, 0.15) is 26.8 Å². The Morgan fingerprint density at radius 2 is 2.00 bits per heavy atom. The number of nitrogens with one attached hydrogen (secondary N) is 2. The molecular formula is C13H15F2N3OS. The van der Waals surface area contributed by atoms with Crippen molar-refractivity contribution in [1.82, 2.24) is 14.9 Å². The highest BCUT2D eigenvalue weighted by Crippen LogP contribution is 2.23. The molecule has 2 N–H and O–H groups in total. The Labute approximate surface area is 119 Å². The van der Waals surface area contributed by atoms with E-state index in [9.17, 15) is 13.6 Å². The molecule has 108 valence electrons. The van der Waals surface area contributed by atoms with Crippen LogP contribution in [0.2, 0.25) is 0 Å². The molecule has 1 amide bonds. The molecule has 0 saturated heterocycles. The fourth-order valence-corrected chi connectivity index (χ4v) is 2.42. The first kappa shape index (κ1) is 14.6. The van der Waals surface area contributed by atoms with Crippen LogP contribution in [0.3, 0.4) is 0 Å². The molecule has 20 heavy (non-hydrogen) atoms. The van der Waals surface area contributed by atoms with Gasteiger partial charge in [-0.1, -0.05) is 0 Å². The van der Waals surface area contributed by atoms with E-state index in [1.807, 2.05) is 13.8 Å². The summed E-state index contributed by atoms with van der Waals surface area (Å²) in [6, 6.07) is 1.23. The minimum Gasteiger partial charge on any atom is -0.352 e. The number of imidazole rings is 1. The molecule has 0 saturated carbocycles. The second-order valence-electron chi connectivity index (χ2n) is 4.92. The van der Waals surface area contributed by atoms with Crippen molar-refractivity contribution >= 4 is 29.2 Å². The van der Waals surface area contributed by atoms with Gasteiger partial charge in [0.1, 0.15) is 17.4 Å². The quantitative estimate of drug-likeness (QED) is 0.856. The number of carbonyl (C=O) groups is 1. The van der Waals surface area contributed by atoms with E-state index in [-0.39, 0.29) is 27.8 Å². The number of aromatic nitrogens is 2. The van der Waals surface area contributed by atoms with Gasteiger partial charge in [0, 0.05) is 12.1 Å². The summed E-state index contributed by atoms with van der Waals surface area (Å²) in [4.78, 5) is 14.7. The third-order valence-corrected chi connectivity index (χ3v) is 3.24. The van der Waals surface area contributed by atoms with E-state index in [1.165, 1.54) is 4.57 Å². The number of halogens is 2. The fraction of sp³-hybridized carbons (Fsp3) is 0.385. The van der Waals surface area contributed by atoms with E-state index in [4.69, 9.17) is 12.2 Å². The number of hydrogen-bond acceptors (Lipinski definition) is 2. The van der Waals surface area contributed by atoms with Gasteiger partial charge in [-0.05, 0) is 39.1 Å². The van der Waals surface area contributed by atoms with Crippen molar-refractivity contribution in [3.8, 4) is 0 Å². The molecule has 1 unspecified atom stereocenters. The number of fused-ring (bicyclic) bond motifs is 1. The van der Waals surface area contributed by atoms with Crippen LogP contribution in [0.25, 0.3) is 11.0 Å². The molecule has 7 heteroatoms. The first-order chi connectivity index (χ1) is 9.31. The highest BCUT2D eigenvalue weighted by molar-refractivity contribution is 7.71. The molecule has 2 aromatic rings. The van der Waals surface area contributed by atoms with Crippen LogP contribution in [-0.2, 0) is 4.79 Å². The summed E-state index contributed by atoms with van der Waals surface area (Å²) in [6.45, 7) is 5.29. The maximum Gasteiger partial charge on any atom is 0.243 e. The Morgan fingerprint density at radius 1 is 1.35 bits per heavy atom. The van der Waals surface area contributed by atoms with E-state index < -0.39 is 17.7 Å². The number of hydrogen-bond donors (Lipinski definition) is 2. The average Bonchev–Trinajstić information content (AvgIpc) is 2.64. The lowest BCUT2D eigenvalue weighted by atomic mass is 10.2. The SMILES string of the molecule is CC(C)NC(=O)C(C)n1c(=S)[nH]c2c(F)cc(F)cc21. The number of H-pyrrole nitrogens is 1. The zero-order chi connectivity index (χ0) is 15.0. The minimum atomic E-state index is -0.735. The number of carbonyl (C=O) groups excluding carboxylic acids is 1. The molecule has 1 atom stereocenters. The van der Waals surface area contributed by atoms with Gasteiger partial charge in [-0.25, -0.2) is 8.78 Å². The van der Waals surface area contributed by atoms with Gasteiger partial charge in [0.05, 0.1) is 5.52 Å². The molecule has 0 aliphatic rings. The first-order valence-electron chi connectivity index (χ1n) is 6.21. The standard InChI is InChI=1S/C13H15F2N3OS/c1-6(2)16-12(19)7(3)18-10-5-8(14)4-9(15)11(10)17-13(18)20/h4-7H,1-3H3,(H,16,19)(H,17,20). The lowest BCUT2D eigenvalue weighted by Crippen LogP contribution is -2.35. The minimum absolute atomic E-state index is 0.0298. The second kappa shape index (κ2) is 5.32. The summed E-state index contributed by atoms with van der Waals surface area (Å²) >= 11 is 5.10. The molecule has 0 spiro atoms. The predicted octanol–water partition coefficient (Wildman–Crippen LogP) is 3.06. The van der Waals surface area contributed by atoms with Crippen molar-refractivity contribution in [2.45, 2.75) is 32.9 Å². The lowest BCUT2D eigenvalue weighted by molar-refractivity contribution is -0.124. The Kier molecular flexibility index (Phi) is 3.89. The highest BCUT2D eigenvalue weighted by atomic mass is 32.1. The zero-order valence-electron chi connectivity index (χ0n) is 11.3. The molecule has 0 aliphatic heterocycles. The molecule has 1 heterocycles. The Hall–Kier alpha value is -1.76. The third-order valence-electron chi connectivity index (χ3n) is 2.94. The zero-order valence-corrected chi connectivity index (χ0v) is 12.1. The van der Waals surface area contributed by atoms with E-state index in [0.717, 1.165) is 12.1 Å². The topological polar surface area (TPSA) is 49.8 Å². The van der Waals surface area contributed by atoms with Gasteiger partial charge in [0.15, 0.2) is 10.6 Å². The fourth-order valence-electron chi connectivity index (χ4n) is 2.06. The Morgan fingerprint density at radius 3 is 2.60 bits per heavy atom. The summed E-state index contributed by atoms with van der Waals surface area (Å²) in [5.41, 5.74) is 0.333. The molecule has 0 fully saturated rings. The summed E-state index contributed by atoms with van der Waals surface area (Å²) in [5, 5.41) is 2.74. The van der Waals surface area contributed by atoms with Gasteiger partial charge in [-0.2, -0.15) is 0 Å². The second-order valence-corrected chi connectivity index (χ2v) is 5.31. The maximum atomic E-state index is 13.7. The molecule has 1 aromatic carbocycles. The van der Waals surface area contributed by atoms with Crippen LogP contribution in [0.5, 0.6) is 0 Å². The van der Waals surface area contributed by atoms with Crippen LogP contribution in [0, 0.1) is 16.4 Å². The maximum absolute atomic E-state index is 13.7. The number of nitrogens with zero attached hydrogens (tertiary/aromatic N) is 1. The molecular weight excluding hydrogens is 284 g/mol. The van der Waals surface area contributed by atoms with Crippen molar-refractivity contribution in [3.05, 3.63) is 28.5 Å². The smallest absolute Gasteiger partial charge is 0.243 e. The van der Waals surface area contributed by atoms with Gasteiger partial charge in [0.2, 0.25) is 5.91 Å². The number of amides is 1. The Balaban J connectivity index is 2.57. The van der Waals surface area contributed by atoms with Crippen molar-refractivity contribution < 1.29 is 13.6 Å². The molecule has 0 bridgehead atoms. The van der Waals surface area contributed by atoms with Crippen molar-refractivity contribution in [2.75, 3.05) is 0 Å². The van der Waals surface area contributed by atoms with Crippen LogP contribution >= 0.6 is 12.2 Å². The largest absolute Gasteiger partial charge is 0.352 e. The monoisotopic (exact) mass is 299 g/mol. The predicted molar refractivity (Wildman–Crippen MR) is 75.0 cm³/mol. The van der Waals surface area contributed by atoms with Gasteiger partial charge in [-0.3, -0.25) is 4.79 Å². The van der Waals surface area contributed by atoms with Gasteiger partial charge < -0.3 is 14.9 Å². The summed E-state index contributed by atoms with van der Waals surface area (Å²) in [7, 11) is 0. The van der Waals surface area contributed by atoms with Gasteiger partial charge in [-0.15, -0.1) is 0 Å². The van der Waals surface area contributed by atoms with E-state index >= 15 is 0 Å². The highest BCUT2D eigenvalue weighted by Gasteiger charge is 2.20. The first-order valence-corrected chi connectivity index (χ1v) is 6.61. The molecule has 4 nitrogen and oxygen atoms in total. The molecule has 0 radical (unpaired) electrons. The van der Waals surface area contributed by atoms with Crippen LogP contribution in [0.15, 0.2) is 12.1 Å². The number of aromatic amines is 1. The summed E-state index contributed by atoms with van der Waals surface area (Å²) < 4.78 is 28.6. The third kappa shape index (κ3) is 2.58. The van der Waals surface area contributed by atoms with Crippen LogP contribution < -0.4 is 5.32 Å². The van der Waals surface area contributed by atoms with E-state index in [0.29, 0.717) is 0 Å².